The lowest BCUT2D eigenvalue weighted by Crippen LogP contribution is -2.66. The molecule has 0 aromatic carbocycles. The Labute approximate surface area is 114 Å². The van der Waals surface area contributed by atoms with E-state index >= 15 is 0 Å². The maximum Gasteiger partial charge on any atom is 0.235 e. The molecule has 5 aliphatic rings. The summed E-state index contributed by atoms with van der Waals surface area (Å²) >= 11 is 0. The van der Waals surface area contributed by atoms with Gasteiger partial charge in [0.1, 0.15) is 0 Å². The van der Waals surface area contributed by atoms with Crippen LogP contribution in [-0.2, 0) is 19.2 Å². The van der Waals surface area contributed by atoms with Crippen molar-refractivity contribution in [2.45, 2.75) is 64.1 Å². The van der Waals surface area contributed by atoms with E-state index in [2.05, 4.69) is 13.8 Å². The van der Waals surface area contributed by atoms with Crippen molar-refractivity contribution < 1.29 is 19.2 Å². The van der Waals surface area contributed by atoms with E-state index in [4.69, 9.17) is 19.2 Å². The Morgan fingerprint density at radius 3 is 2.89 bits per heavy atom. The minimum absolute atomic E-state index is 0.324. The molecule has 0 unspecified atom stereocenters. The number of ether oxygens (including phenoxy) is 2. The van der Waals surface area contributed by atoms with Crippen molar-refractivity contribution in [1.29, 1.82) is 0 Å². The van der Waals surface area contributed by atoms with Crippen LogP contribution < -0.4 is 0 Å². The Morgan fingerprint density at radius 2 is 2.05 bits per heavy atom. The van der Waals surface area contributed by atoms with Crippen molar-refractivity contribution in [3.8, 4) is 0 Å². The fourth-order valence-corrected chi connectivity index (χ4v) is 4.55. The van der Waals surface area contributed by atoms with Crippen LogP contribution in [0, 0.1) is 17.8 Å². The van der Waals surface area contributed by atoms with E-state index in [1.807, 2.05) is 13.2 Å². The largest absolute Gasteiger partial charge is 0.469 e. The topological polar surface area (TPSA) is 36.9 Å². The second-order valence-corrected chi connectivity index (χ2v) is 6.85. The monoisotopic (exact) mass is 266 g/mol. The van der Waals surface area contributed by atoms with Crippen molar-refractivity contribution >= 4 is 0 Å². The summed E-state index contributed by atoms with van der Waals surface area (Å²) in [6, 6.07) is 0. The summed E-state index contributed by atoms with van der Waals surface area (Å²) in [5, 5.41) is 0. The molecule has 0 N–H and O–H groups in total. The third kappa shape index (κ3) is 1.45. The van der Waals surface area contributed by atoms with Gasteiger partial charge in [-0.3, -0.25) is 0 Å². The zero-order valence-electron chi connectivity index (χ0n) is 11.8. The van der Waals surface area contributed by atoms with Crippen LogP contribution in [0.5, 0.6) is 0 Å². The molecule has 6 atom stereocenters. The lowest BCUT2D eigenvalue weighted by Gasteiger charge is -2.56. The zero-order chi connectivity index (χ0) is 13.3. The average molecular weight is 266 g/mol. The molecule has 4 fully saturated rings. The van der Waals surface area contributed by atoms with Gasteiger partial charge in [-0.15, -0.1) is 0 Å². The summed E-state index contributed by atoms with van der Waals surface area (Å²) in [5.74, 6) is 0.775. The van der Waals surface area contributed by atoms with E-state index in [1.54, 1.807) is 0 Å². The van der Waals surface area contributed by atoms with Crippen molar-refractivity contribution in [1.82, 2.24) is 0 Å². The van der Waals surface area contributed by atoms with Gasteiger partial charge in [-0.1, -0.05) is 6.92 Å². The molecule has 0 radical (unpaired) electrons. The van der Waals surface area contributed by atoms with Crippen LogP contribution in [-0.4, -0.2) is 17.7 Å². The minimum Gasteiger partial charge on any atom is -0.469 e. The van der Waals surface area contributed by atoms with E-state index in [0.29, 0.717) is 17.8 Å². The van der Waals surface area contributed by atoms with Crippen LogP contribution in [0.25, 0.3) is 0 Å². The molecule has 3 saturated heterocycles. The molecule has 106 valence electrons. The molecule has 4 heteroatoms. The zero-order valence-corrected chi connectivity index (χ0v) is 11.8. The highest BCUT2D eigenvalue weighted by Crippen LogP contribution is 2.59. The molecule has 4 heterocycles. The highest BCUT2D eigenvalue weighted by Gasteiger charge is 2.67. The molecule has 4 aliphatic heterocycles. The summed E-state index contributed by atoms with van der Waals surface area (Å²) in [4.78, 5) is 11.7. The number of hydrogen-bond acceptors (Lipinski definition) is 4. The van der Waals surface area contributed by atoms with Gasteiger partial charge in [0, 0.05) is 18.3 Å². The summed E-state index contributed by atoms with van der Waals surface area (Å²) < 4.78 is 12.0. The second kappa shape index (κ2) is 3.74. The Balaban J connectivity index is 1.85. The predicted octanol–water partition coefficient (Wildman–Crippen LogP) is 3.14. The van der Waals surface area contributed by atoms with Gasteiger partial charge >= 0.3 is 0 Å². The van der Waals surface area contributed by atoms with E-state index in [-0.39, 0.29) is 6.29 Å². The molecule has 0 amide bonds. The maximum absolute atomic E-state index is 6.11. The maximum atomic E-state index is 6.11. The summed E-state index contributed by atoms with van der Waals surface area (Å²) in [7, 11) is 0. The fourth-order valence-electron chi connectivity index (χ4n) is 4.55. The Bertz CT molecular complexity index is 434. The molecule has 5 rings (SSSR count). The van der Waals surface area contributed by atoms with Crippen LogP contribution in [0.15, 0.2) is 11.8 Å². The van der Waals surface area contributed by atoms with Crippen LogP contribution in [0.2, 0.25) is 0 Å². The molecule has 1 saturated carbocycles. The average Bonchev–Trinajstić information content (AvgIpc) is 2.61. The van der Waals surface area contributed by atoms with Gasteiger partial charge in [0.15, 0.2) is 5.60 Å². The van der Waals surface area contributed by atoms with Crippen molar-refractivity contribution in [2.24, 2.45) is 17.8 Å². The number of fused-ring (bicyclic) bond motifs is 2. The molecule has 4 nitrogen and oxygen atoms in total. The first-order valence-corrected chi connectivity index (χ1v) is 7.42. The molecule has 2 bridgehead atoms. The normalized spacial score (nSPS) is 55.8. The summed E-state index contributed by atoms with van der Waals surface area (Å²) in [6.07, 6.45) is 5.87. The van der Waals surface area contributed by atoms with Gasteiger partial charge in [0.05, 0.1) is 6.26 Å². The van der Waals surface area contributed by atoms with E-state index in [1.165, 1.54) is 12.0 Å². The van der Waals surface area contributed by atoms with E-state index < -0.39 is 11.4 Å². The lowest BCUT2D eigenvalue weighted by molar-refractivity contribution is -0.555. The van der Waals surface area contributed by atoms with Gasteiger partial charge in [0.2, 0.25) is 12.1 Å². The molecule has 19 heavy (non-hydrogen) atoms. The third-order valence-electron chi connectivity index (χ3n) is 5.65. The lowest BCUT2D eigenvalue weighted by atomic mass is 9.60. The van der Waals surface area contributed by atoms with Gasteiger partial charge < -0.3 is 9.47 Å². The first-order chi connectivity index (χ1) is 9.05. The second-order valence-electron chi connectivity index (χ2n) is 6.85. The molecule has 1 aliphatic carbocycles. The third-order valence-corrected chi connectivity index (χ3v) is 5.65. The van der Waals surface area contributed by atoms with Crippen LogP contribution in [0.4, 0.5) is 0 Å². The first-order valence-electron chi connectivity index (χ1n) is 7.42. The Kier molecular flexibility index (Phi) is 2.40. The van der Waals surface area contributed by atoms with Gasteiger partial charge in [-0.25, -0.2) is 9.78 Å². The SMILES string of the molecule is CC1=CO[C@@H]2O[C@@]3(C)CC[C@@H]4[C@@H](C)CC[C@@H]1[C@@]24OO3. The quantitative estimate of drug-likeness (QED) is 0.631. The first kappa shape index (κ1) is 12.2. The van der Waals surface area contributed by atoms with Crippen molar-refractivity contribution in [3.63, 3.8) is 0 Å². The van der Waals surface area contributed by atoms with Crippen LogP contribution in [0.1, 0.15) is 46.5 Å². The smallest absolute Gasteiger partial charge is 0.235 e. The van der Waals surface area contributed by atoms with Crippen molar-refractivity contribution in [3.05, 3.63) is 11.8 Å². The molecule has 0 aromatic heterocycles. The number of hydrogen-bond donors (Lipinski definition) is 0. The standard InChI is InChI=1S/C15H22O4/c1-9-4-5-11-10(2)8-16-13-15(11)12(9)6-7-14(3,17-13)18-19-15/h8-9,11-13H,4-7H2,1-3H3/t9-,11-,12+,13+,14+,15-/m0/s1. The summed E-state index contributed by atoms with van der Waals surface area (Å²) in [5.41, 5.74) is 0.817. The molecular formula is C15H22O4. The highest BCUT2D eigenvalue weighted by molar-refractivity contribution is 5.19. The minimum atomic E-state index is -0.656. The molecular weight excluding hydrogens is 244 g/mol. The van der Waals surface area contributed by atoms with Gasteiger partial charge in [-0.05, 0) is 44.6 Å². The van der Waals surface area contributed by atoms with Gasteiger partial charge in [-0.2, -0.15) is 0 Å². The number of rotatable bonds is 0. The Morgan fingerprint density at radius 1 is 1.21 bits per heavy atom. The van der Waals surface area contributed by atoms with Gasteiger partial charge in [0.25, 0.3) is 0 Å². The van der Waals surface area contributed by atoms with E-state index in [0.717, 1.165) is 19.3 Å². The summed E-state index contributed by atoms with van der Waals surface area (Å²) in [6.45, 7) is 6.40. The fraction of sp³-hybridized carbons (Fsp3) is 0.867. The van der Waals surface area contributed by atoms with Crippen LogP contribution in [0.3, 0.4) is 0 Å². The molecule has 1 spiro atoms. The molecule has 0 aromatic rings. The highest BCUT2D eigenvalue weighted by atomic mass is 17.3. The van der Waals surface area contributed by atoms with Crippen molar-refractivity contribution in [2.75, 3.05) is 0 Å². The van der Waals surface area contributed by atoms with E-state index in [9.17, 15) is 0 Å². The van der Waals surface area contributed by atoms with Crippen LogP contribution >= 0.6 is 0 Å². The Hall–Kier alpha value is -0.580. The predicted molar refractivity (Wildman–Crippen MR) is 67.6 cm³/mol.